The molecule has 0 fully saturated rings. The lowest BCUT2D eigenvalue weighted by Crippen LogP contribution is -2.10. The summed E-state index contributed by atoms with van der Waals surface area (Å²) in [6.45, 7) is 0. The van der Waals surface area contributed by atoms with Crippen LogP contribution in [0.5, 0.6) is 0 Å². The molecule has 17 heavy (non-hydrogen) atoms. The maximum absolute atomic E-state index is 11.2. The number of nitrogens with two attached hydrogens (primary N) is 1. The zero-order valence-electron chi connectivity index (χ0n) is 9.25. The lowest BCUT2D eigenvalue weighted by molar-refractivity contribution is 0.100. The second-order valence-electron chi connectivity index (χ2n) is 3.41. The molecule has 1 amide bonds. The number of carbonyl (C=O) groups excluding carboxylic acids is 1. The zero-order chi connectivity index (χ0) is 12.3. The van der Waals surface area contributed by atoms with Crippen LogP contribution < -0.4 is 5.73 Å². The van der Waals surface area contributed by atoms with Gasteiger partial charge in [-0.05, 0) is 30.0 Å². The van der Waals surface area contributed by atoms with Crippen LogP contribution in [-0.4, -0.2) is 22.1 Å². The highest BCUT2D eigenvalue weighted by Gasteiger charge is 2.08. The second kappa shape index (κ2) is 4.97. The van der Waals surface area contributed by atoms with E-state index in [-0.39, 0.29) is 0 Å². The van der Waals surface area contributed by atoms with Gasteiger partial charge >= 0.3 is 0 Å². The molecule has 0 saturated heterocycles. The predicted octanol–water partition coefficient (Wildman–Crippen LogP) is 1.96. The monoisotopic (exact) mass is 245 g/mol. The smallest absolute Gasteiger partial charge is 0.248 e. The molecule has 0 unspecified atom stereocenters. The van der Waals surface area contributed by atoms with Crippen molar-refractivity contribution in [2.75, 3.05) is 6.26 Å². The van der Waals surface area contributed by atoms with E-state index in [1.165, 1.54) is 6.33 Å². The van der Waals surface area contributed by atoms with Crippen molar-refractivity contribution >= 4 is 17.7 Å². The Hall–Kier alpha value is -1.88. The van der Waals surface area contributed by atoms with Gasteiger partial charge in [0.1, 0.15) is 6.33 Å². The standard InChI is InChI=1S/C12H11N3OS/c1-17-11-3-2-8(12(13)16)4-10(11)9-5-14-7-15-6-9/h2-7H,1H3,(H2,13,16). The Morgan fingerprint density at radius 2 is 2.00 bits per heavy atom. The first-order valence-electron chi connectivity index (χ1n) is 4.95. The van der Waals surface area contributed by atoms with Gasteiger partial charge in [0.05, 0.1) is 0 Å². The highest BCUT2D eigenvalue weighted by molar-refractivity contribution is 7.98. The Morgan fingerprint density at radius 3 is 2.59 bits per heavy atom. The average Bonchev–Trinajstić information content (AvgIpc) is 2.39. The normalized spacial score (nSPS) is 10.2. The predicted molar refractivity (Wildman–Crippen MR) is 67.8 cm³/mol. The van der Waals surface area contributed by atoms with Gasteiger partial charge in [0.15, 0.2) is 0 Å². The maximum atomic E-state index is 11.2. The molecule has 0 aliphatic rings. The summed E-state index contributed by atoms with van der Waals surface area (Å²) in [4.78, 5) is 20.2. The van der Waals surface area contributed by atoms with Crippen LogP contribution >= 0.6 is 11.8 Å². The summed E-state index contributed by atoms with van der Waals surface area (Å²) in [6.07, 6.45) is 6.88. The van der Waals surface area contributed by atoms with Crippen LogP contribution in [0.3, 0.4) is 0 Å². The van der Waals surface area contributed by atoms with E-state index >= 15 is 0 Å². The van der Waals surface area contributed by atoms with Gasteiger partial charge in [0.25, 0.3) is 0 Å². The molecule has 0 bridgehead atoms. The first-order valence-corrected chi connectivity index (χ1v) is 6.18. The van der Waals surface area contributed by atoms with Gasteiger partial charge in [0, 0.05) is 28.4 Å². The maximum Gasteiger partial charge on any atom is 0.248 e. The van der Waals surface area contributed by atoms with Gasteiger partial charge in [-0.2, -0.15) is 0 Å². The van der Waals surface area contributed by atoms with Gasteiger partial charge in [-0.3, -0.25) is 4.79 Å². The minimum Gasteiger partial charge on any atom is -0.366 e. The summed E-state index contributed by atoms with van der Waals surface area (Å²) in [6, 6.07) is 5.38. The number of aromatic nitrogens is 2. The minimum absolute atomic E-state index is 0.434. The molecule has 1 aromatic heterocycles. The van der Waals surface area contributed by atoms with Crippen LogP contribution in [0.1, 0.15) is 10.4 Å². The third kappa shape index (κ3) is 2.45. The van der Waals surface area contributed by atoms with Gasteiger partial charge in [-0.15, -0.1) is 11.8 Å². The Kier molecular flexibility index (Phi) is 3.39. The van der Waals surface area contributed by atoms with E-state index in [1.807, 2.05) is 12.3 Å². The second-order valence-corrected chi connectivity index (χ2v) is 4.25. The summed E-state index contributed by atoms with van der Waals surface area (Å²) in [5.41, 5.74) is 7.56. The van der Waals surface area contributed by atoms with Gasteiger partial charge < -0.3 is 5.73 Å². The van der Waals surface area contributed by atoms with E-state index in [0.29, 0.717) is 5.56 Å². The van der Waals surface area contributed by atoms with Crippen molar-refractivity contribution in [2.45, 2.75) is 4.90 Å². The van der Waals surface area contributed by atoms with Crippen molar-refractivity contribution in [2.24, 2.45) is 5.73 Å². The summed E-state index contributed by atoms with van der Waals surface area (Å²) in [7, 11) is 0. The number of rotatable bonds is 3. The van der Waals surface area contributed by atoms with Crippen molar-refractivity contribution in [3.05, 3.63) is 42.5 Å². The van der Waals surface area contributed by atoms with Crippen LogP contribution in [0, 0.1) is 0 Å². The molecule has 1 heterocycles. The molecule has 0 spiro atoms. The summed E-state index contributed by atoms with van der Waals surface area (Å²) < 4.78 is 0. The number of thioether (sulfide) groups is 1. The Balaban J connectivity index is 2.58. The third-order valence-electron chi connectivity index (χ3n) is 2.36. The molecule has 5 heteroatoms. The lowest BCUT2D eigenvalue weighted by atomic mass is 10.1. The van der Waals surface area contributed by atoms with Crippen LogP contribution in [0.4, 0.5) is 0 Å². The summed E-state index contributed by atoms with van der Waals surface area (Å²) in [5.74, 6) is -0.434. The first-order chi connectivity index (χ1) is 8.22. The highest BCUT2D eigenvalue weighted by Crippen LogP contribution is 2.30. The molecular formula is C12H11N3OS. The quantitative estimate of drug-likeness (QED) is 0.839. The van der Waals surface area contributed by atoms with E-state index in [4.69, 9.17) is 5.73 Å². The summed E-state index contributed by atoms with van der Waals surface area (Å²) >= 11 is 1.60. The van der Waals surface area contributed by atoms with Gasteiger partial charge in [0.2, 0.25) is 5.91 Å². The number of primary amides is 1. The van der Waals surface area contributed by atoms with E-state index in [1.54, 1.807) is 36.3 Å². The molecule has 0 atom stereocenters. The van der Waals surface area contributed by atoms with Crippen LogP contribution in [0.25, 0.3) is 11.1 Å². The number of nitrogens with zero attached hydrogens (tertiary/aromatic N) is 2. The highest BCUT2D eigenvalue weighted by atomic mass is 32.2. The number of carbonyl (C=O) groups is 1. The molecule has 0 saturated carbocycles. The molecule has 0 radical (unpaired) electrons. The van der Waals surface area contributed by atoms with Crippen molar-refractivity contribution in [3.8, 4) is 11.1 Å². The van der Waals surface area contributed by atoms with Crippen LogP contribution in [0.2, 0.25) is 0 Å². The molecule has 86 valence electrons. The first kappa shape index (κ1) is 11.6. The number of benzene rings is 1. The number of hydrogen-bond donors (Lipinski definition) is 1. The Morgan fingerprint density at radius 1 is 1.29 bits per heavy atom. The van der Waals surface area contributed by atoms with E-state index in [0.717, 1.165) is 16.0 Å². The fourth-order valence-electron chi connectivity index (χ4n) is 1.53. The molecule has 0 aliphatic carbocycles. The van der Waals surface area contributed by atoms with Crippen LogP contribution in [0.15, 0.2) is 41.8 Å². The fourth-order valence-corrected chi connectivity index (χ4v) is 2.13. The molecule has 2 rings (SSSR count). The molecule has 2 aromatic rings. The van der Waals surface area contributed by atoms with Crippen LogP contribution in [-0.2, 0) is 0 Å². The summed E-state index contributed by atoms with van der Waals surface area (Å²) in [5, 5.41) is 0. The topological polar surface area (TPSA) is 68.9 Å². The van der Waals surface area contributed by atoms with E-state index in [2.05, 4.69) is 9.97 Å². The van der Waals surface area contributed by atoms with Gasteiger partial charge in [-0.25, -0.2) is 9.97 Å². The van der Waals surface area contributed by atoms with Crippen molar-refractivity contribution in [3.63, 3.8) is 0 Å². The fraction of sp³-hybridized carbons (Fsp3) is 0.0833. The largest absolute Gasteiger partial charge is 0.366 e. The molecular weight excluding hydrogens is 234 g/mol. The van der Waals surface area contributed by atoms with Crippen molar-refractivity contribution in [1.82, 2.24) is 9.97 Å². The zero-order valence-corrected chi connectivity index (χ0v) is 10.1. The van der Waals surface area contributed by atoms with Crippen molar-refractivity contribution < 1.29 is 4.79 Å². The SMILES string of the molecule is CSc1ccc(C(N)=O)cc1-c1cncnc1. The Labute approximate surface area is 103 Å². The number of hydrogen-bond acceptors (Lipinski definition) is 4. The number of amides is 1. The van der Waals surface area contributed by atoms with E-state index < -0.39 is 5.91 Å². The minimum atomic E-state index is -0.434. The average molecular weight is 245 g/mol. The van der Waals surface area contributed by atoms with Crippen molar-refractivity contribution in [1.29, 1.82) is 0 Å². The molecule has 4 nitrogen and oxygen atoms in total. The Bertz CT molecular complexity index is 543. The lowest BCUT2D eigenvalue weighted by Gasteiger charge is -2.08. The molecule has 1 aromatic carbocycles. The molecule has 2 N–H and O–H groups in total. The van der Waals surface area contributed by atoms with E-state index in [9.17, 15) is 4.79 Å². The van der Waals surface area contributed by atoms with Gasteiger partial charge in [-0.1, -0.05) is 0 Å². The molecule has 0 aliphatic heterocycles. The third-order valence-corrected chi connectivity index (χ3v) is 3.15.